The summed E-state index contributed by atoms with van der Waals surface area (Å²) in [5.41, 5.74) is 7.81. The number of carbonyl (C=O) groups excluding carboxylic acids is 1. The Hall–Kier alpha value is -3.27. The third kappa shape index (κ3) is 6.45. The SMILES string of the molecule is COCCn1c(C)cc(/C=N\NC(=O)c2ccc(CN(C)S(=O)(=O)c3ccc(C)cc3)cc2)c1C. The number of ether oxygens (including phenoxy) is 1. The molecule has 3 rings (SSSR count). The van der Waals surface area contributed by atoms with E-state index in [4.69, 9.17) is 4.74 Å². The minimum Gasteiger partial charge on any atom is -0.383 e. The van der Waals surface area contributed by atoms with Crippen LogP contribution in [-0.4, -0.2) is 50.2 Å². The fraction of sp³-hybridized carbons (Fsp3) is 0.308. The number of hydrogen-bond donors (Lipinski definition) is 1. The van der Waals surface area contributed by atoms with E-state index in [0.717, 1.165) is 34.6 Å². The fourth-order valence-electron chi connectivity index (χ4n) is 3.70. The van der Waals surface area contributed by atoms with Crippen molar-refractivity contribution in [1.29, 1.82) is 0 Å². The molecule has 0 fully saturated rings. The number of rotatable bonds is 10. The van der Waals surface area contributed by atoms with Gasteiger partial charge in [0.15, 0.2) is 0 Å². The molecule has 0 aliphatic carbocycles. The minimum absolute atomic E-state index is 0.189. The van der Waals surface area contributed by atoms with Crippen molar-refractivity contribution in [2.75, 3.05) is 20.8 Å². The second kappa shape index (κ2) is 11.4. The minimum atomic E-state index is -3.60. The van der Waals surface area contributed by atoms with Gasteiger partial charge in [-0.15, -0.1) is 0 Å². The maximum absolute atomic E-state index is 12.8. The predicted octanol–water partition coefficient (Wildman–Crippen LogP) is 3.64. The molecule has 1 amide bonds. The van der Waals surface area contributed by atoms with Crippen molar-refractivity contribution in [3.8, 4) is 0 Å². The Morgan fingerprint density at radius 1 is 1.09 bits per heavy atom. The highest BCUT2D eigenvalue weighted by atomic mass is 32.2. The highest BCUT2D eigenvalue weighted by molar-refractivity contribution is 7.89. The van der Waals surface area contributed by atoms with Gasteiger partial charge in [0, 0.05) is 49.8 Å². The number of aromatic nitrogens is 1. The van der Waals surface area contributed by atoms with Crippen LogP contribution in [-0.2, 0) is 27.8 Å². The van der Waals surface area contributed by atoms with Gasteiger partial charge in [0.2, 0.25) is 10.0 Å². The summed E-state index contributed by atoms with van der Waals surface area (Å²) in [6.45, 7) is 7.49. The maximum atomic E-state index is 12.8. The van der Waals surface area contributed by atoms with E-state index in [0.29, 0.717) is 12.2 Å². The van der Waals surface area contributed by atoms with E-state index in [1.807, 2.05) is 26.8 Å². The monoisotopic (exact) mass is 496 g/mol. The molecule has 3 aromatic rings. The van der Waals surface area contributed by atoms with E-state index in [1.54, 1.807) is 61.9 Å². The van der Waals surface area contributed by atoms with Crippen LogP contribution in [0.5, 0.6) is 0 Å². The van der Waals surface area contributed by atoms with Gasteiger partial charge < -0.3 is 9.30 Å². The number of nitrogens with one attached hydrogen (secondary N) is 1. The molecule has 2 aromatic carbocycles. The van der Waals surface area contributed by atoms with Crippen molar-refractivity contribution in [2.24, 2.45) is 5.10 Å². The van der Waals surface area contributed by atoms with E-state index in [2.05, 4.69) is 15.1 Å². The Labute approximate surface area is 207 Å². The summed E-state index contributed by atoms with van der Waals surface area (Å²) < 4.78 is 34.2. The summed E-state index contributed by atoms with van der Waals surface area (Å²) in [5, 5.41) is 4.10. The molecule has 0 spiro atoms. The third-order valence-electron chi connectivity index (χ3n) is 5.85. The second-order valence-electron chi connectivity index (χ2n) is 8.44. The first-order valence-corrected chi connectivity index (χ1v) is 12.7. The molecule has 0 aliphatic rings. The van der Waals surface area contributed by atoms with Crippen LogP contribution in [0.25, 0.3) is 0 Å². The van der Waals surface area contributed by atoms with Gasteiger partial charge in [0.1, 0.15) is 0 Å². The van der Waals surface area contributed by atoms with Crippen LogP contribution in [0.4, 0.5) is 0 Å². The number of sulfonamides is 1. The number of hydrogen-bond acceptors (Lipinski definition) is 5. The van der Waals surface area contributed by atoms with E-state index in [1.165, 1.54) is 11.4 Å². The van der Waals surface area contributed by atoms with Gasteiger partial charge in [-0.05, 0) is 56.7 Å². The molecule has 9 heteroatoms. The largest absolute Gasteiger partial charge is 0.383 e. The Bertz CT molecular complexity index is 1290. The number of methoxy groups -OCH3 is 1. The van der Waals surface area contributed by atoms with Gasteiger partial charge in [-0.3, -0.25) is 4.79 Å². The Morgan fingerprint density at radius 3 is 2.37 bits per heavy atom. The van der Waals surface area contributed by atoms with Gasteiger partial charge in [0.25, 0.3) is 5.91 Å². The van der Waals surface area contributed by atoms with Gasteiger partial charge in [-0.25, -0.2) is 13.8 Å². The molecule has 1 N–H and O–H groups in total. The molecule has 1 aromatic heterocycles. The van der Waals surface area contributed by atoms with E-state index in [-0.39, 0.29) is 17.3 Å². The first-order valence-electron chi connectivity index (χ1n) is 11.2. The van der Waals surface area contributed by atoms with Crippen LogP contribution in [0.1, 0.15) is 38.4 Å². The van der Waals surface area contributed by atoms with Crippen LogP contribution < -0.4 is 5.43 Å². The van der Waals surface area contributed by atoms with Gasteiger partial charge in [-0.2, -0.15) is 9.41 Å². The standard InChI is InChI=1S/C26H32N4O4S/c1-19-6-12-25(13-7-19)35(32,33)29(4)18-22-8-10-23(11-9-22)26(31)28-27-17-24-16-20(2)30(21(24)3)14-15-34-5/h6-13,16-17H,14-15,18H2,1-5H3,(H,28,31)/b27-17-. The van der Waals surface area contributed by atoms with E-state index >= 15 is 0 Å². The molecule has 0 saturated carbocycles. The summed E-state index contributed by atoms with van der Waals surface area (Å²) in [7, 11) is -0.394. The van der Waals surface area contributed by atoms with Crippen molar-refractivity contribution in [3.05, 3.63) is 88.2 Å². The van der Waals surface area contributed by atoms with Crippen molar-refractivity contribution in [3.63, 3.8) is 0 Å². The molecule has 0 saturated heterocycles. The molecular weight excluding hydrogens is 464 g/mol. The van der Waals surface area contributed by atoms with Crippen LogP contribution >= 0.6 is 0 Å². The summed E-state index contributed by atoms with van der Waals surface area (Å²) in [6, 6.07) is 15.6. The summed E-state index contributed by atoms with van der Waals surface area (Å²) >= 11 is 0. The van der Waals surface area contributed by atoms with Gasteiger partial charge >= 0.3 is 0 Å². The van der Waals surface area contributed by atoms with Crippen LogP contribution in [0, 0.1) is 20.8 Å². The molecule has 0 unspecified atom stereocenters. The number of carbonyl (C=O) groups is 1. The van der Waals surface area contributed by atoms with Gasteiger partial charge in [0.05, 0.1) is 17.7 Å². The zero-order valence-corrected chi connectivity index (χ0v) is 21.6. The molecule has 8 nitrogen and oxygen atoms in total. The van der Waals surface area contributed by atoms with Crippen LogP contribution in [0.3, 0.4) is 0 Å². The number of hydrazone groups is 1. The molecular formula is C26H32N4O4S. The average Bonchev–Trinajstić information content (AvgIpc) is 3.10. The zero-order chi connectivity index (χ0) is 25.6. The maximum Gasteiger partial charge on any atom is 0.271 e. The molecule has 0 radical (unpaired) electrons. The molecule has 186 valence electrons. The van der Waals surface area contributed by atoms with E-state index < -0.39 is 10.0 Å². The van der Waals surface area contributed by atoms with Crippen molar-refractivity contribution in [2.45, 2.75) is 38.8 Å². The van der Waals surface area contributed by atoms with Crippen molar-refractivity contribution >= 4 is 22.1 Å². The van der Waals surface area contributed by atoms with Crippen LogP contribution in [0.15, 0.2) is 64.6 Å². The highest BCUT2D eigenvalue weighted by Crippen LogP contribution is 2.18. The normalized spacial score (nSPS) is 11.9. The summed E-state index contributed by atoms with van der Waals surface area (Å²) in [5.74, 6) is -0.346. The lowest BCUT2D eigenvalue weighted by Crippen LogP contribution is -2.26. The number of nitrogens with zero attached hydrogens (tertiary/aromatic N) is 3. The van der Waals surface area contributed by atoms with Crippen molar-refractivity contribution in [1.82, 2.24) is 14.3 Å². The fourth-order valence-corrected chi connectivity index (χ4v) is 4.86. The Morgan fingerprint density at radius 2 is 1.74 bits per heavy atom. The van der Waals surface area contributed by atoms with Crippen LogP contribution in [0.2, 0.25) is 0 Å². The lowest BCUT2D eigenvalue weighted by Gasteiger charge is -2.17. The number of aryl methyl sites for hydroxylation is 2. The zero-order valence-electron chi connectivity index (χ0n) is 20.8. The van der Waals surface area contributed by atoms with Crippen molar-refractivity contribution < 1.29 is 17.9 Å². The lowest BCUT2D eigenvalue weighted by atomic mass is 10.1. The quantitative estimate of drug-likeness (QED) is 0.343. The molecule has 0 aliphatic heterocycles. The Balaban J connectivity index is 1.60. The average molecular weight is 497 g/mol. The third-order valence-corrected chi connectivity index (χ3v) is 7.67. The number of amides is 1. The summed E-state index contributed by atoms with van der Waals surface area (Å²) in [6.07, 6.45) is 1.63. The first-order chi connectivity index (χ1) is 16.6. The Kier molecular flexibility index (Phi) is 8.61. The molecule has 0 atom stereocenters. The molecule has 0 bridgehead atoms. The van der Waals surface area contributed by atoms with Gasteiger partial charge in [-0.1, -0.05) is 29.8 Å². The lowest BCUT2D eigenvalue weighted by molar-refractivity contribution is 0.0955. The second-order valence-corrected chi connectivity index (χ2v) is 10.5. The number of benzene rings is 2. The topological polar surface area (TPSA) is 93.0 Å². The summed E-state index contributed by atoms with van der Waals surface area (Å²) in [4.78, 5) is 12.7. The highest BCUT2D eigenvalue weighted by Gasteiger charge is 2.20. The smallest absolute Gasteiger partial charge is 0.271 e. The predicted molar refractivity (Wildman–Crippen MR) is 137 cm³/mol. The molecule has 1 heterocycles. The first kappa shape index (κ1) is 26.3. The molecule has 35 heavy (non-hydrogen) atoms. The van der Waals surface area contributed by atoms with E-state index in [9.17, 15) is 13.2 Å².